The third-order valence-electron chi connectivity index (χ3n) is 3.64. The van der Waals surface area contributed by atoms with Crippen molar-refractivity contribution in [3.8, 4) is 5.75 Å². The number of hydrogen-bond acceptors (Lipinski definition) is 4. The van der Waals surface area contributed by atoms with Gasteiger partial charge in [-0.05, 0) is 55.8 Å². The van der Waals surface area contributed by atoms with Crippen molar-refractivity contribution in [2.24, 2.45) is 0 Å². The highest BCUT2D eigenvalue weighted by molar-refractivity contribution is 7.89. The summed E-state index contributed by atoms with van der Waals surface area (Å²) in [5, 5.41) is 1.72. The van der Waals surface area contributed by atoms with Crippen molar-refractivity contribution in [3.63, 3.8) is 0 Å². The Morgan fingerprint density at radius 2 is 1.62 bits per heavy atom. The van der Waals surface area contributed by atoms with Crippen LogP contribution >= 0.6 is 0 Å². The van der Waals surface area contributed by atoms with E-state index in [0.717, 1.165) is 24.3 Å². The summed E-state index contributed by atoms with van der Waals surface area (Å²) in [4.78, 5) is 11.6. The van der Waals surface area contributed by atoms with E-state index in [1.165, 1.54) is 0 Å². The summed E-state index contributed by atoms with van der Waals surface area (Å²) in [5.41, 5.74) is 0.641. The molecule has 158 valence electrons. The third-order valence-corrected chi connectivity index (χ3v) is 5.05. The van der Waals surface area contributed by atoms with Crippen molar-refractivity contribution in [1.29, 1.82) is 0 Å². The molecule has 0 aliphatic carbocycles. The van der Waals surface area contributed by atoms with E-state index in [0.29, 0.717) is 11.3 Å². The van der Waals surface area contributed by atoms with E-state index in [9.17, 15) is 26.4 Å². The van der Waals surface area contributed by atoms with Crippen LogP contribution in [0.4, 0.5) is 13.2 Å². The number of carbonyl (C=O) groups is 1. The van der Waals surface area contributed by atoms with E-state index < -0.39 is 28.7 Å². The minimum absolute atomic E-state index is 0.0258. The summed E-state index contributed by atoms with van der Waals surface area (Å²) >= 11 is 0. The van der Waals surface area contributed by atoms with E-state index in [2.05, 4.69) is 4.72 Å². The second-order valence-electron chi connectivity index (χ2n) is 6.46. The molecule has 2 aromatic carbocycles. The summed E-state index contributed by atoms with van der Waals surface area (Å²) in [6.45, 7) is 2.37. The molecule has 0 atom stereocenters. The molecule has 0 aliphatic heterocycles. The van der Waals surface area contributed by atoms with Gasteiger partial charge in [0.2, 0.25) is 10.0 Å². The second-order valence-corrected chi connectivity index (χ2v) is 8.22. The number of amides is 1. The zero-order valence-electron chi connectivity index (χ0n) is 15.8. The van der Waals surface area contributed by atoms with Gasteiger partial charge in [-0.2, -0.15) is 13.2 Å². The summed E-state index contributed by atoms with van der Waals surface area (Å²) in [6.07, 6.45) is -4.50. The first-order valence-corrected chi connectivity index (χ1v) is 10.1. The van der Waals surface area contributed by atoms with Crippen LogP contribution in [-0.2, 0) is 16.6 Å². The highest BCUT2D eigenvalue weighted by Gasteiger charge is 2.28. The van der Waals surface area contributed by atoms with Crippen molar-refractivity contribution in [2.45, 2.75) is 37.6 Å². The molecule has 2 rings (SSSR count). The Labute approximate surface area is 167 Å². The zero-order chi connectivity index (χ0) is 21.7. The smallest absolute Gasteiger partial charge is 0.405 e. The Balaban J connectivity index is 1.97. The molecule has 0 saturated heterocycles. The van der Waals surface area contributed by atoms with Gasteiger partial charge in [0.1, 0.15) is 12.3 Å². The molecule has 0 radical (unpaired) electrons. The first-order valence-electron chi connectivity index (χ1n) is 8.66. The summed E-state index contributed by atoms with van der Waals surface area (Å²) in [7, 11) is -3.86. The molecule has 29 heavy (non-hydrogen) atoms. The SMILES string of the molecule is CC(C)Oc1ccc(CNS(=O)(=O)c2ccc(C(=O)NCC(F)(F)F)cc2)cc1. The number of rotatable bonds is 8. The van der Waals surface area contributed by atoms with Gasteiger partial charge >= 0.3 is 6.18 Å². The molecule has 0 bridgehead atoms. The third kappa shape index (κ3) is 7.39. The number of sulfonamides is 1. The van der Waals surface area contributed by atoms with Crippen molar-refractivity contribution in [2.75, 3.05) is 6.54 Å². The molecule has 0 heterocycles. The average molecular weight is 430 g/mol. The molecule has 0 aliphatic rings. The molecule has 2 aromatic rings. The van der Waals surface area contributed by atoms with Gasteiger partial charge in [-0.25, -0.2) is 13.1 Å². The maximum absolute atomic E-state index is 12.4. The summed E-state index contributed by atoms with van der Waals surface area (Å²) < 4.78 is 69.1. The topological polar surface area (TPSA) is 84.5 Å². The molecule has 1 amide bonds. The Hall–Kier alpha value is -2.59. The van der Waals surface area contributed by atoms with Crippen LogP contribution in [0.5, 0.6) is 5.75 Å². The number of halogens is 3. The lowest BCUT2D eigenvalue weighted by Gasteiger charge is -2.11. The largest absolute Gasteiger partial charge is 0.491 e. The molecule has 0 spiro atoms. The maximum atomic E-state index is 12.4. The molecule has 0 fully saturated rings. The van der Waals surface area contributed by atoms with Crippen LogP contribution in [0.15, 0.2) is 53.4 Å². The van der Waals surface area contributed by atoms with Gasteiger partial charge in [0, 0.05) is 12.1 Å². The van der Waals surface area contributed by atoms with Gasteiger partial charge in [0.15, 0.2) is 0 Å². The van der Waals surface area contributed by atoms with Gasteiger partial charge in [0.25, 0.3) is 5.91 Å². The monoisotopic (exact) mass is 430 g/mol. The Kier molecular flexibility index (Phi) is 7.26. The minimum atomic E-state index is -4.53. The predicted octanol–water partition coefficient (Wildman–Crippen LogP) is 3.24. The lowest BCUT2D eigenvalue weighted by Crippen LogP contribution is -2.33. The van der Waals surface area contributed by atoms with Crippen LogP contribution in [0.3, 0.4) is 0 Å². The van der Waals surface area contributed by atoms with Crippen molar-refractivity contribution < 1.29 is 31.1 Å². The van der Waals surface area contributed by atoms with Crippen molar-refractivity contribution in [1.82, 2.24) is 10.0 Å². The molecule has 6 nitrogen and oxygen atoms in total. The number of ether oxygens (including phenoxy) is 1. The molecule has 2 N–H and O–H groups in total. The van der Waals surface area contributed by atoms with E-state index in [4.69, 9.17) is 4.74 Å². The normalized spacial score (nSPS) is 12.1. The molecule has 0 aromatic heterocycles. The Morgan fingerprint density at radius 3 is 2.14 bits per heavy atom. The molecule has 10 heteroatoms. The number of hydrogen-bond donors (Lipinski definition) is 2. The predicted molar refractivity (Wildman–Crippen MR) is 101 cm³/mol. The van der Waals surface area contributed by atoms with Crippen LogP contribution in [0.1, 0.15) is 29.8 Å². The average Bonchev–Trinajstić information content (AvgIpc) is 2.65. The molecular formula is C19H21F3N2O4S. The Morgan fingerprint density at radius 1 is 1.03 bits per heavy atom. The fraction of sp³-hybridized carbons (Fsp3) is 0.316. The molecular weight excluding hydrogens is 409 g/mol. The maximum Gasteiger partial charge on any atom is 0.405 e. The number of nitrogens with one attached hydrogen (secondary N) is 2. The Bertz CT molecular complexity index is 925. The van der Waals surface area contributed by atoms with E-state index in [-0.39, 0.29) is 23.1 Å². The second kappa shape index (κ2) is 9.27. The number of benzene rings is 2. The summed E-state index contributed by atoms with van der Waals surface area (Å²) in [5.74, 6) is -0.270. The minimum Gasteiger partial charge on any atom is -0.491 e. The standard InChI is InChI=1S/C19H21F3N2O4S/c1-13(2)28-16-7-3-14(4-8-16)11-24-29(26,27)17-9-5-15(6-10-17)18(25)23-12-19(20,21)22/h3-10,13,24H,11-12H2,1-2H3,(H,23,25). The van der Waals surface area contributed by atoms with Crippen molar-refractivity contribution in [3.05, 3.63) is 59.7 Å². The zero-order valence-corrected chi connectivity index (χ0v) is 16.6. The quantitative estimate of drug-likeness (QED) is 0.674. The van der Waals surface area contributed by atoms with Crippen LogP contribution in [0.2, 0.25) is 0 Å². The van der Waals surface area contributed by atoms with Crippen LogP contribution in [0.25, 0.3) is 0 Å². The first kappa shape index (κ1) is 22.7. The van der Waals surface area contributed by atoms with E-state index in [1.54, 1.807) is 29.6 Å². The highest BCUT2D eigenvalue weighted by Crippen LogP contribution is 2.16. The van der Waals surface area contributed by atoms with Crippen LogP contribution in [0, 0.1) is 0 Å². The first-order chi connectivity index (χ1) is 13.5. The molecule has 0 unspecified atom stereocenters. The van der Waals surface area contributed by atoms with Crippen LogP contribution in [-0.4, -0.2) is 33.1 Å². The molecule has 0 saturated carbocycles. The van der Waals surface area contributed by atoms with E-state index >= 15 is 0 Å². The lowest BCUT2D eigenvalue weighted by molar-refractivity contribution is -0.123. The number of alkyl halides is 3. The van der Waals surface area contributed by atoms with Gasteiger partial charge in [0.05, 0.1) is 11.0 Å². The van der Waals surface area contributed by atoms with E-state index in [1.807, 2.05) is 13.8 Å². The van der Waals surface area contributed by atoms with Gasteiger partial charge in [-0.1, -0.05) is 12.1 Å². The van der Waals surface area contributed by atoms with Gasteiger partial charge in [-0.15, -0.1) is 0 Å². The lowest BCUT2D eigenvalue weighted by atomic mass is 10.2. The fourth-order valence-electron chi connectivity index (χ4n) is 2.29. The highest BCUT2D eigenvalue weighted by atomic mass is 32.2. The van der Waals surface area contributed by atoms with Gasteiger partial charge < -0.3 is 10.1 Å². The fourth-order valence-corrected chi connectivity index (χ4v) is 3.31. The summed E-state index contributed by atoms with van der Waals surface area (Å²) in [6, 6.07) is 11.5. The number of carbonyl (C=O) groups excluding carboxylic acids is 1. The van der Waals surface area contributed by atoms with Crippen molar-refractivity contribution >= 4 is 15.9 Å². The van der Waals surface area contributed by atoms with Crippen LogP contribution < -0.4 is 14.8 Å². The van der Waals surface area contributed by atoms with Gasteiger partial charge in [-0.3, -0.25) is 4.79 Å².